The minimum atomic E-state index is -4.68. The fourth-order valence-electron chi connectivity index (χ4n) is 12.6. The molecule has 1 radical (unpaired) electrons. The fraction of sp³-hybridized carbons (Fsp3) is 0.389. The van der Waals surface area contributed by atoms with Gasteiger partial charge in [-0.05, 0) is 0 Å². The predicted molar refractivity (Wildman–Crippen MR) is 337 cm³/mol. The third kappa shape index (κ3) is 9.89. The van der Waals surface area contributed by atoms with Crippen molar-refractivity contribution < 1.29 is 0 Å². The SMILES string of the molecule is Cc1cc(C(C)(C)C)[c]([Ge](/[C](=[C]2\C(C(=N)/C=C/C#N)=[C](c3ccccc3)[Ge]2([c]2c(C(C)(C)C)cc(C)c(C)c2C)[c]2c(C(C)(C)C)cc(C)c(C)c2C)c2ccccc2)[c]2c(C(C)(C)C)cc(C)c(C)c2C)c(C)c1C. The normalized spacial score (nSPS) is 14.9. The number of rotatable bonds is 9. The summed E-state index contributed by atoms with van der Waals surface area (Å²) < 4.78 is 10.3. The molecule has 0 saturated carbocycles. The van der Waals surface area contributed by atoms with Gasteiger partial charge in [0, 0.05) is 0 Å². The van der Waals surface area contributed by atoms with Crippen LogP contribution in [0, 0.1) is 99.8 Å². The Hall–Kier alpha value is -5.21. The number of hydrogen-bond acceptors (Lipinski definition) is 2. The Morgan fingerprint density at radius 1 is 0.474 bits per heavy atom. The molecule has 1 N–H and O–H groups in total. The van der Waals surface area contributed by atoms with Crippen molar-refractivity contribution in [2.75, 3.05) is 0 Å². The van der Waals surface area contributed by atoms with Gasteiger partial charge in [0.05, 0.1) is 0 Å². The van der Waals surface area contributed by atoms with Gasteiger partial charge in [0.2, 0.25) is 0 Å². The summed E-state index contributed by atoms with van der Waals surface area (Å²) in [4.78, 5) is 0. The first-order valence-corrected chi connectivity index (χ1v) is 35.1. The third-order valence-corrected chi connectivity index (χ3v) is 36.8. The summed E-state index contributed by atoms with van der Waals surface area (Å²) in [5.74, 6) is 0. The molecule has 7 rings (SSSR count). The van der Waals surface area contributed by atoms with Crippen LogP contribution in [0.5, 0.6) is 0 Å². The first kappa shape index (κ1) is 58.5. The van der Waals surface area contributed by atoms with E-state index in [0.717, 1.165) is 5.57 Å². The van der Waals surface area contributed by atoms with E-state index in [-0.39, 0.29) is 21.7 Å². The van der Waals surface area contributed by atoms with Gasteiger partial charge in [0.15, 0.2) is 0 Å². The second-order valence-electron chi connectivity index (χ2n) is 26.7. The summed E-state index contributed by atoms with van der Waals surface area (Å²) in [5, 5.41) is 21.2. The topological polar surface area (TPSA) is 47.6 Å². The van der Waals surface area contributed by atoms with Crippen LogP contribution in [0.3, 0.4) is 0 Å². The molecule has 4 heteroatoms. The first-order valence-electron chi connectivity index (χ1n) is 27.8. The summed E-state index contributed by atoms with van der Waals surface area (Å²) >= 11 is -8.00. The van der Waals surface area contributed by atoms with Gasteiger partial charge < -0.3 is 0 Å². The predicted octanol–water partition coefficient (Wildman–Crippen LogP) is 16.1. The maximum absolute atomic E-state index is 10.8. The van der Waals surface area contributed by atoms with E-state index in [1.807, 2.05) is 6.08 Å². The van der Waals surface area contributed by atoms with Crippen molar-refractivity contribution in [2.45, 2.75) is 188 Å². The summed E-state index contributed by atoms with van der Waals surface area (Å²) in [6, 6.07) is 35.4. The van der Waals surface area contributed by atoms with E-state index >= 15 is 0 Å². The van der Waals surface area contributed by atoms with Gasteiger partial charge in [-0.25, -0.2) is 0 Å². The first-order chi connectivity index (χ1) is 35.2. The number of benzene rings is 6. The van der Waals surface area contributed by atoms with E-state index in [2.05, 4.69) is 257 Å². The molecule has 0 aromatic heterocycles. The van der Waals surface area contributed by atoms with Crippen molar-refractivity contribution in [3.8, 4) is 6.07 Å². The van der Waals surface area contributed by atoms with E-state index < -0.39 is 27.6 Å². The maximum atomic E-state index is 10.8. The van der Waals surface area contributed by atoms with E-state index in [4.69, 9.17) is 0 Å². The van der Waals surface area contributed by atoms with Gasteiger partial charge in [-0.1, -0.05) is 0 Å². The van der Waals surface area contributed by atoms with Crippen LogP contribution >= 0.6 is 0 Å². The molecule has 1 aliphatic rings. The van der Waals surface area contributed by atoms with E-state index in [1.54, 1.807) is 6.08 Å². The minimum absolute atomic E-state index is 0.193. The Labute approximate surface area is 468 Å². The number of allylic oxidation sites excluding steroid dienone is 4. The van der Waals surface area contributed by atoms with Crippen LogP contribution < -0.4 is 17.6 Å². The quantitative estimate of drug-likeness (QED) is 0.0875. The molecule has 6 aromatic carbocycles. The molecular formula is C72H89Ge2N2. The molecule has 0 aliphatic carbocycles. The molecule has 0 saturated heterocycles. The zero-order chi connectivity index (χ0) is 56.7. The molecule has 1 aliphatic heterocycles. The second kappa shape index (κ2) is 20.9. The van der Waals surface area contributed by atoms with Crippen LogP contribution in [0.25, 0.3) is 8.81 Å². The van der Waals surface area contributed by atoms with Crippen LogP contribution in [0.4, 0.5) is 0 Å². The molecule has 0 unspecified atom stereocenters. The summed E-state index contributed by atoms with van der Waals surface area (Å²) in [6.45, 7) is 57.6. The molecule has 0 fully saturated rings. The summed E-state index contributed by atoms with van der Waals surface area (Å²) in [7, 11) is 0. The molecule has 395 valence electrons. The Kier molecular flexibility index (Phi) is 16.1. The standard InChI is InChI=1S/C72H89Ge2N2/c1-42-38-56(69(13,14)15)62(50(9)46(42)5)73(63-51(10)47(6)43(2)39-57(63)70(16,17)18)64(54-32-27-25-28-33-54)68-61(60(76)36-31-37-75)67(55-34-29-26-30-35-55)74(68,65-52(11)48(7)44(3)40-58(65)71(19,20)21)66-53(12)49(8)45(4)41-59(66)72(22,23)24/h25-36,38-41,76H,1-24H3/b36-31+,68-64+,76-60?. The molecule has 76 heavy (non-hydrogen) atoms. The van der Waals surface area contributed by atoms with Crippen LogP contribution in [-0.2, 0) is 21.7 Å². The molecule has 0 spiro atoms. The van der Waals surface area contributed by atoms with Gasteiger partial charge >= 0.3 is 471 Å². The number of nitrogens with zero attached hydrogens (tertiary/aromatic N) is 1. The summed E-state index contributed by atoms with van der Waals surface area (Å²) in [6.07, 6.45) is 3.36. The molecule has 0 atom stereocenters. The van der Waals surface area contributed by atoms with Crippen molar-refractivity contribution in [3.05, 3.63) is 207 Å². The fourth-order valence-corrected chi connectivity index (χ4v) is 39.2. The zero-order valence-corrected chi connectivity index (χ0v) is 55.4. The van der Waals surface area contributed by atoms with E-state index in [0.29, 0.717) is 5.71 Å². The van der Waals surface area contributed by atoms with Gasteiger partial charge in [0.1, 0.15) is 0 Å². The molecule has 0 bridgehead atoms. The number of hydrogen-bond donors (Lipinski definition) is 1. The van der Waals surface area contributed by atoms with Crippen molar-refractivity contribution in [1.29, 1.82) is 10.7 Å². The van der Waals surface area contributed by atoms with Crippen LogP contribution in [0.15, 0.2) is 107 Å². The van der Waals surface area contributed by atoms with E-state index in [1.165, 1.54) is 131 Å². The van der Waals surface area contributed by atoms with Crippen LogP contribution in [0.2, 0.25) is 0 Å². The third-order valence-electron chi connectivity index (χ3n) is 17.6. The zero-order valence-electron chi connectivity index (χ0n) is 51.2. The summed E-state index contributed by atoms with van der Waals surface area (Å²) in [5.41, 5.74) is 24.8. The van der Waals surface area contributed by atoms with Crippen LogP contribution in [0.1, 0.15) is 183 Å². The Morgan fingerprint density at radius 2 is 0.816 bits per heavy atom. The van der Waals surface area contributed by atoms with Crippen molar-refractivity contribution in [2.24, 2.45) is 0 Å². The van der Waals surface area contributed by atoms with E-state index in [9.17, 15) is 10.7 Å². The Morgan fingerprint density at radius 3 is 1.17 bits per heavy atom. The molecule has 1 heterocycles. The van der Waals surface area contributed by atoms with Crippen molar-refractivity contribution >= 4 is 59.7 Å². The number of nitriles is 1. The van der Waals surface area contributed by atoms with Crippen molar-refractivity contribution in [1.82, 2.24) is 0 Å². The second-order valence-corrected chi connectivity index (χ2v) is 38.8. The Balaban J connectivity index is 2.10. The monoisotopic (exact) mass is 1130 g/mol. The molecule has 2 nitrogen and oxygen atoms in total. The molecular weight excluding hydrogens is 1040 g/mol. The van der Waals surface area contributed by atoms with Gasteiger partial charge in [-0.15, -0.1) is 0 Å². The van der Waals surface area contributed by atoms with Gasteiger partial charge in [-0.2, -0.15) is 0 Å². The molecule has 6 aromatic rings. The average molecular weight is 1130 g/mol. The average Bonchev–Trinajstić information content (AvgIpc) is 3.33. The Bertz CT molecular complexity index is 3310. The number of aryl methyl sites for hydroxylation is 4. The van der Waals surface area contributed by atoms with Gasteiger partial charge in [0.25, 0.3) is 0 Å². The molecule has 0 amide bonds. The number of nitrogens with one attached hydrogen (secondary N) is 1. The van der Waals surface area contributed by atoms with Crippen LogP contribution in [-0.4, -0.2) is 33.3 Å². The van der Waals surface area contributed by atoms with Crippen molar-refractivity contribution in [3.63, 3.8) is 0 Å². The van der Waals surface area contributed by atoms with Gasteiger partial charge in [-0.3, -0.25) is 0 Å².